The summed E-state index contributed by atoms with van der Waals surface area (Å²) in [6, 6.07) is 40.7. The van der Waals surface area contributed by atoms with Crippen LogP contribution in [-0.4, -0.2) is 35.1 Å². The van der Waals surface area contributed by atoms with Crippen LogP contribution in [0.2, 0.25) is 0 Å². The van der Waals surface area contributed by atoms with E-state index in [4.69, 9.17) is 23.7 Å². The lowest BCUT2D eigenvalue weighted by Gasteiger charge is -2.44. The molecule has 1 saturated heterocycles. The molecule has 208 valence electrons. The number of hydrogen-bond acceptors (Lipinski definition) is 5. The Labute approximate surface area is 250 Å². The fourth-order valence-corrected chi connectivity index (χ4v) is 5.73. The Balaban J connectivity index is 1.36. The van der Waals surface area contributed by atoms with Gasteiger partial charge in [-0.2, -0.15) is 0 Å². The van der Waals surface area contributed by atoms with Crippen molar-refractivity contribution in [2.24, 2.45) is 0 Å². The highest BCUT2D eigenvalue weighted by atomic mass is 127. The SMILES string of the molecule is I[C@H]1O[C@H](COCc2ccccc2)[C@@H](OCc2ccccc2)[C@@H](OCc2ccccc2)[C@H]1OCc1ccccc1. The number of rotatable bonds is 13. The number of halogens is 1. The van der Waals surface area contributed by atoms with E-state index in [9.17, 15) is 0 Å². The Hall–Kier alpha value is -2.59. The zero-order valence-corrected chi connectivity index (χ0v) is 24.5. The van der Waals surface area contributed by atoms with Crippen LogP contribution in [-0.2, 0) is 50.1 Å². The Kier molecular flexibility index (Phi) is 11.1. The van der Waals surface area contributed by atoms with Crippen LogP contribution in [0.3, 0.4) is 0 Å². The second kappa shape index (κ2) is 15.4. The fourth-order valence-electron chi connectivity index (χ4n) is 4.73. The van der Waals surface area contributed by atoms with E-state index in [2.05, 4.69) is 71.1 Å². The standard InChI is InChI=1S/C34H35IO5/c35-34-33(39-24-29-19-11-4-12-20-29)32(38-23-28-17-9-3-10-18-28)31(37-22-27-15-7-2-8-16-27)30(40-34)25-36-21-26-13-5-1-6-14-26/h1-20,30-34H,21-25H2/t30-,31-,32-,33-,34+/m1/s1. The van der Waals surface area contributed by atoms with Gasteiger partial charge in [0.05, 0.1) is 33.0 Å². The maximum absolute atomic E-state index is 6.65. The summed E-state index contributed by atoms with van der Waals surface area (Å²) >= 11 is 2.32. The summed E-state index contributed by atoms with van der Waals surface area (Å²) in [4.78, 5) is 0. The molecule has 0 aliphatic carbocycles. The molecule has 5 rings (SSSR count). The molecule has 1 aliphatic heterocycles. The summed E-state index contributed by atoms with van der Waals surface area (Å²) in [5.74, 6) is 0. The number of alkyl halides is 1. The molecule has 40 heavy (non-hydrogen) atoms. The molecule has 0 saturated carbocycles. The molecular weight excluding hydrogens is 615 g/mol. The van der Waals surface area contributed by atoms with Gasteiger partial charge in [-0.15, -0.1) is 0 Å². The average Bonchev–Trinajstić information content (AvgIpc) is 3.01. The van der Waals surface area contributed by atoms with E-state index >= 15 is 0 Å². The Bertz CT molecular complexity index is 1240. The maximum atomic E-state index is 6.65. The smallest absolute Gasteiger partial charge is 0.138 e. The first-order valence-corrected chi connectivity index (χ1v) is 14.9. The van der Waals surface area contributed by atoms with Crippen molar-refractivity contribution in [1.29, 1.82) is 0 Å². The summed E-state index contributed by atoms with van der Waals surface area (Å²) < 4.78 is 32.2. The summed E-state index contributed by atoms with van der Waals surface area (Å²) in [5.41, 5.74) is 4.40. The van der Waals surface area contributed by atoms with Crippen LogP contribution in [0.15, 0.2) is 121 Å². The highest BCUT2D eigenvalue weighted by Crippen LogP contribution is 2.33. The van der Waals surface area contributed by atoms with Crippen molar-refractivity contribution in [2.45, 2.75) is 55.0 Å². The molecule has 0 N–H and O–H groups in total. The largest absolute Gasteiger partial charge is 0.374 e. The molecular formula is C34H35IO5. The minimum absolute atomic E-state index is 0.246. The lowest BCUT2D eigenvalue weighted by Crippen LogP contribution is -2.59. The minimum atomic E-state index is -0.397. The van der Waals surface area contributed by atoms with Gasteiger partial charge < -0.3 is 23.7 Å². The highest BCUT2D eigenvalue weighted by Gasteiger charge is 2.47. The molecule has 0 amide bonds. The number of benzene rings is 4. The van der Waals surface area contributed by atoms with Crippen molar-refractivity contribution >= 4 is 22.6 Å². The minimum Gasteiger partial charge on any atom is -0.374 e. The van der Waals surface area contributed by atoms with E-state index in [1.165, 1.54) is 0 Å². The van der Waals surface area contributed by atoms with Crippen molar-refractivity contribution < 1.29 is 23.7 Å². The van der Waals surface area contributed by atoms with E-state index in [0.29, 0.717) is 33.0 Å². The van der Waals surface area contributed by atoms with Crippen LogP contribution < -0.4 is 0 Å². The molecule has 0 radical (unpaired) electrons. The van der Waals surface area contributed by atoms with Gasteiger partial charge >= 0.3 is 0 Å². The van der Waals surface area contributed by atoms with Crippen LogP contribution in [0, 0.1) is 0 Å². The second-order valence-electron chi connectivity index (χ2n) is 9.81. The van der Waals surface area contributed by atoms with Gasteiger partial charge in [-0.05, 0) is 44.8 Å². The third kappa shape index (κ3) is 8.46. The van der Waals surface area contributed by atoms with Crippen molar-refractivity contribution in [3.8, 4) is 0 Å². The van der Waals surface area contributed by atoms with Gasteiger partial charge in [-0.25, -0.2) is 0 Å². The summed E-state index contributed by atoms with van der Waals surface area (Å²) in [7, 11) is 0. The van der Waals surface area contributed by atoms with Crippen LogP contribution >= 0.6 is 22.6 Å². The second-order valence-corrected chi connectivity index (χ2v) is 11.0. The third-order valence-corrected chi connectivity index (χ3v) is 7.83. The van der Waals surface area contributed by atoms with Crippen LogP contribution in [0.1, 0.15) is 22.3 Å². The van der Waals surface area contributed by atoms with Gasteiger partial charge in [-0.3, -0.25) is 0 Å². The number of ether oxygens (including phenoxy) is 5. The quantitative estimate of drug-likeness (QED) is 0.114. The maximum Gasteiger partial charge on any atom is 0.138 e. The van der Waals surface area contributed by atoms with E-state index in [0.717, 1.165) is 22.3 Å². The molecule has 5 atom stereocenters. The third-order valence-electron chi connectivity index (χ3n) is 6.83. The molecule has 1 fully saturated rings. The average molecular weight is 651 g/mol. The van der Waals surface area contributed by atoms with Gasteiger partial charge in [0.25, 0.3) is 0 Å². The fraction of sp³-hybridized carbons (Fsp3) is 0.294. The van der Waals surface area contributed by atoms with Crippen LogP contribution in [0.4, 0.5) is 0 Å². The lowest BCUT2D eigenvalue weighted by molar-refractivity contribution is -0.251. The molecule has 0 unspecified atom stereocenters. The predicted molar refractivity (Wildman–Crippen MR) is 164 cm³/mol. The van der Waals surface area contributed by atoms with E-state index in [-0.39, 0.29) is 22.4 Å². The molecule has 4 aromatic carbocycles. The monoisotopic (exact) mass is 650 g/mol. The van der Waals surface area contributed by atoms with E-state index in [1.54, 1.807) is 0 Å². The topological polar surface area (TPSA) is 46.2 Å². The first-order valence-electron chi connectivity index (χ1n) is 13.6. The zero-order valence-electron chi connectivity index (χ0n) is 22.4. The molecule has 4 aromatic rings. The van der Waals surface area contributed by atoms with Gasteiger partial charge in [0.2, 0.25) is 0 Å². The lowest BCUT2D eigenvalue weighted by atomic mass is 9.99. The first-order chi connectivity index (χ1) is 19.8. The Morgan fingerprint density at radius 2 is 0.850 bits per heavy atom. The molecule has 0 aromatic heterocycles. The highest BCUT2D eigenvalue weighted by molar-refractivity contribution is 14.1. The summed E-state index contributed by atoms with van der Waals surface area (Å²) in [6.07, 6.45) is -1.43. The summed E-state index contributed by atoms with van der Waals surface area (Å²) in [6.45, 7) is 2.22. The molecule has 5 nitrogen and oxygen atoms in total. The van der Waals surface area contributed by atoms with Gasteiger partial charge in [0.15, 0.2) is 0 Å². The van der Waals surface area contributed by atoms with Crippen molar-refractivity contribution in [3.05, 3.63) is 144 Å². The van der Waals surface area contributed by atoms with Crippen molar-refractivity contribution in [3.63, 3.8) is 0 Å². The Morgan fingerprint density at radius 1 is 0.475 bits per heavy atom. The van der Waals surface area contributed by atoms with Gasteiger partial charge in [0, 0.05) is 0 Å². The molecule has 1 heterocycles. The number of hydrogen-bond donors (Lipinski definition) is 0. The Morgan fingerprint density at radius 3 is 1.30 bits per heavy atom. The van der Waals surface area contributed by atoms with Gasteiger partial charge in [0.1, 0.15) is 28.5 Å². The van der Waals surface area contributed by atoms with Crippen molar-refractivity contribution in [2.75, 3.05) is 6.61 Å². The van der Waals surface area contributed by atoms with E-state index in [1.807, 2.05) is 72.8 Å². The van der Waals surface area contributed by atoms with E-state index < -0.39 is 6.10 Å². The zero-order chi connectivity index (χ0) is 27.4. The van der Waals surface area contributed by atoms with Gasteiger partial charge in [-0.1, -0.05) is 121 Å². The normalized spacial score (nSPS) is 22.7. The van der Waals surface area contributed by atoms with Crippen molar-refractivity contribution in [1.82, 2.24) is 0 Å². The van der Waals surface area contributed by atoms with Crippen LogP contribution in [0.25, 0.3) is 0 Å². The summed E-state index contributed by atoms with van der Waals surface area (Å²) in [5, 5.41) is 0. The molecule has 1 aliphatic rings. The molecule has 0 spiro atoms. The van der Waals surface area contributed by atoms with Crippen LogP contribution in [0.5, 0.6) is 0 Å². The molecule has 0 bridgehead atoms. The first kappa shape index (κ1) is 28.9. The predicted octanol–water partition coefficient (Wildman–Crippen LogP) is 7.12. The molecule has 6 heteroatoms.